The summed E-state index contributed by atoms with van der Waals surface area (Å²) in [6, 6.07) is 3.41. The molecule has 0 aromatic heterocycles. The molecule has 234 valence electrons. The van der Waals surface area contributed by atoms with E-state index in [4.69, 9.17) is 0 Å². The van der Waals surface area contributed by atoms with E-state index in [9.17, 15) is 0 Å². The standard InChI is InChI=1S/C36H70N4/c1-4-5-6-7-8-21-30-35(37-2)36(38-3,39(31-22-13-9-14-23-31)32-24-15-10-16-25-32)40(33-26-17-11-18-27-33)34-28-19-12-20-29-34/h31-35,37-38H,4-30H2,1-3H3. The molecule has 0 radical (unpaired) electrons. The second-order valence-corrected chi connectivity index (χ2v) is 14.4. The summed E-state index contributed by atoms with van der Waals surface area (Å²) in [5.41, 5.74) is 0. The highest BCUT2D eigenvalue weighted by molar-refractivity contribution is 5.07. The van der Waals surface area contributed by atoms with Gasteiger partial charge >= 0.3 is 0 Å². The molecule has 4 aliphatic carbocycles. The molecule has 1 unspecified atom stereocenters. The molecule has 4 saturated carbocycles. The van der Waals surface area contributed by atoms with Crippen LogP contribution in [0.25, 0.3) is 0 Å². The Morgan fingerprint density at radius 1 is 0.525 bits per heavy atom. The van der Waals surface area contributed by atoms with Crippen LogP contribution in [0.3, 0.4) is 0 Å². The Bertz CT molecular complexity index is 567. The van der Waals surface area contributed by atoms with Gasteiger partial charge in [0, 0.05) is 24.2 Å². The highest BCUT2D eigenvalue weighted by Crippen LogP contribution is 2.44. The second-order valence-electron chi connectivity index (χ2n) is 14.4. The lowest BCUT2D eigenvalue weighted by Gasteiger charge is -2.64. The quantitative estimate of drug-likeness (QED) is 0.146. The molecule has 0 spiro atoms. The maximum Gasteiger partial charge on any atom is 0.145 e. The Labute approximate surface area is 250 Å². The summed E-state index contributed by atoms with van der Waals surface area (Å²) in [6.45, 7) is 2.34. The summed E-state index contributed by atoms with van der Waals surface area (Å²) in [5, 5.41) is 8.37. The van der Waals surface area contributed by atoms with Crippen LogP contribution in [-0.2, 0) is 0 Å². The Morgan fingerprint density at radius 2 is 0.875 bits per heavy atom. The zero-order valence-electron chi connectivity index (χ0n) is 27.4. The van der Waals surface area contributed by atoms with E-state index in [0.717, 1.165) is 24.2 Å². The van der Waals surface area contributed by atoms with Crippen LogP contribution in [0.1, 0.15) is 180 Å². The van der Waals surface area contributed by atoms with Crippen molar-refractivity contribution in [2.24, 2.45) is 0 Å². The van der Waals surface area contributed by atoms with E-state index in [-0.39, 0.29) is 5.79 Å². The summed E-state index contributed by atoms with van der Waals surface area (Å²) < 4.78 is 0. The van der Waals surface area contributed by atoms with E-state index in [1.165, 1.54) is 173 Å². The number of likely N-dealkylation sites (N-methyl/N-ethyl adjacent to an activating group) is 2. The molecule has 2 N–H and O–H groups in total. The largest absolute Gasteiger partial charge is 0.313 e. The number of nitrogens with one attached hydrogen (secondary N) is 2. The zero-order chi connectivity index (χ0) is 28.0. The van der Waals surface area contributed by atoms with Gasteiger partial charge in [0.1, 0.15) is 5.79 Å². The Hall–Kier alpha value is -0.160. The SMILES string of the molecule is CCCCCCCCC(NC)C(NC)(N(C1CCCCC1)C1CCCCC1)N(C1CCCCC1)C1CCCCC1. The minimum absolute atomic E-state index is 0.0772. The van der Waals surface area contributed by atoms with Crippen LogP contribution in [0.4, 0.5) is 0 Å². The molecule has 0 saturated heterocycles. The lowest BCUT2D eigenvalue weighted by atomic mass is 9.81. The predicted molar refractivity (Wildman–Crippen MR) is 174 cm³/mol. The van der Waals surface area contributed by atoms with Crippen molar-refractivity contribution in [1.29, 1.82) is 0 Å². The van der Waals surface area contributed by atoms with E-state index in [2.05, 4.69) is 41.5 Å². The number of hydrogen-bond donors (Lipinski definition) is 2. The lowest BCUT2D eigenvalue weighted by Crippen LogP contribution is -2.82. The van der Waals surface area contributed by atoms with Crippen LogP contribution in [0.15, 0.2) is 0 Å². The summed E-state index contributed by atoms with van der Waals surface area (Å²) in [5.74, 6) is -0.0772. The summed E-state index contributed by atoms with van der Waals surface area (Å²) in [7, 11) is 4.69. The van der Waals surface area contributed by atoms with Gasteiger partial charge in [-0.1, -0.05) is 122 Å². The van der Waals surface area contributed by atoms with Crippen molar-refractivity contribution >= 4 is 0 Å². The van der Waals surface area contributed by atoms with Crippen molar-refractivity contribution in [2.75, 3.05) is 14.1 Å². The van der Waals surface area contributed by atoms with Crippen molar-refractivity contribution in [1.82, 2.24) is 20.4 Å². The van der Waals surface area contributed by atoms with E-state index < -0.39 is 0 Å². The van der Waals surface area contributed by atoms with Gasteiger partial charge in [0.2, 0.25) is 0 Å². The Balaban J connectivity index is 1.75. The van der Waals surface area contributed by atoms with Gasteiger partial charge in [0.15, 0.2) is 0 Å². The molecule has 1 atom stereocenters. The van der Waals surface area contributed by atoms with Crippen molar-refractivity contribution < 1.29 is 0 Å². The van der Waals surface area contributed by atoms with Crippen LogP contribution in [0.2, 0.25) is 0 Å². The van der Waals surface area contributed by atoms with Gasteiger partial charge in [-0.25, -0.2) is 0 Å². The average Bonchev–Trinajstić information content (AvgIpc) is 3.02. The normalized spacial score (nSPS) is 24.2. The number of hydrogen-bond acceptors (Lipinski definition) is 4. The van der Waals surface area contributed by atoms with Gasteiger partial charge in [0.25, 0.3) is 0 Å². The molecule has 0 aliphatic heterocycles. The van der Waals surface area contributed by atoms with Crippen LogP contribution >= 0.6 is 0 Å². The van der Waals surface area contributed by atoms with Crippen LogP contribution in [0.5, 0.6) is 0 Å². The monoisotopic (exact) mass is 559 g/mol. The minimum Gasteiger partial charge on any atom is -0.313 e. The Kier molecular flexibility index (Phi) is 14.6. The number of nitrogens with zero attached hydrogens (tertiary/aromatic N) is 2. The molecule has 4 aliphatic rings. The molecule has 4 fully saturated rings. The first kappa shape index (κ1) is 32.7. The fourth-order valence-corrected chi connectivity index (χ4v) is 9.75. The van der Waals surface area contributed by atoms with Gasteiger partial charge in [-0.15, -0.1) is 0 Å². The molecular weight excluding hydrogens is 488 g/mol. The molecule has 4 nitrogen and oxygen atoms in total. The molecule has 0 aromatic rings. The van der Waals surface area contributed by atoms with Crippen molar-refractivity contribution in [2.45, 2.75) is 216 Å². The molecule has 40 heavy (non-hydrogen) atoms. The van der Waals surface area contributed by atoms with E-state index in [1.54, 1.807) is 0 Å². The van der Waals surface area contributed by atoms with Crippen LogP contribution in [-0.4, -0.2) is 59.9 Å². The average molecular weight is 559 g/mol. The van der Waals surface area contributed by atoms with E-state index in [1.807, 2.05) is 0 Å². The predicted octanol–water partition coefficient (Wildman–Crippen LogP) is 9.13. The van der Waals surface area contributed by atoms with E-state index >= 15 is 0 Å². The molecule has 0 heterocycles. The zero-order valence-corrected chi connectivity index (χ0v) is 27.4. The van der Waals surface area contributed by atoms with Crippen molar-refractivity contribution in [3.63, 3.8) is 0 Å². The highest BCUT2D eigenvalue weighted by Gasteiger charge is 2.55. The fraction of sp³-hybridized carbons (Fsp3) is 1.00. The molecule has 0 aromatic carbocycles. The third kappa shape index (κ3) is 8.26. The van der Waals surface area contributed by atoms with E-state index in [0.29, 0.717) is 6.04 Å². The van der Waals surface area contributed by atoms with Crippen molar-refractivity contribution in [3.05, 3.63) is 0 Å². The fourth-order valence-electron chi connectivity index (χ4n) is 9.75. The number of rotatable bonds is 16. The minimum atomic E-state index is -0.0772. The van der Waals surface area contributed by atoms with Crippen molar-refractivity contribution in [3.8, 4) is 0 Å². The molecule has 4 rings (SSSR count). The van der Waals surface area contributed by atoms with Gasteiger partial charge in [0.05, 0.1) is 6.04 Å². The number of unbranched alkanes of at least 4 members (excludes halogenated alkanes) is 5. The first-order valence-corrected chi connectivity index (χ1v) is 18.7. The maximum atomic E-state index is 4.31. The molecular formula is C36H70N4. The lowest BCUT2D eigenvalue weighted by molar-refractivity contribution is -0.192. The van der Waals surface area contributed by atoms with Gasteiger partial charge in [-0.2, -0.15) is 0 Å². The van der Waals surface area contributed by atoms with Gasteiger partial charge < -0.3 is 5.32 Å². The molecule has 4 heteroatoms. The third-order valence-corrected chi connectivity index (χ3v) is 11.7. The van der Waals surface area contributed by atoms with Crippen LogP contribution in [0, 0.1) is 0 Å². The smallest absolute Gasteiger partial charge is 0.145 e. The molecule has 0 bridgehead atoms. The summed E-state index contributed by atoms with van der Waals surface area (Å²) >= 11 is 0. The maximum absolute atomic E-state index is 4.31. The topological polar surface area (TPSA) is 30.5 Å². The van der Waals surface area contributed by atoms with Gasteiger partial charge in [-0.05, 0) is 71.9 Å². The first-order chi connectivity index (χ1) is 19.8. The summed E-state index contributed by atoms with van der Waals surface area (Å²) in [6.07, 6.45) is 38.2. The first-order valence-electron chi connectivity index (χ1n) is 18.7. The second kappa shape index (κ2) is 17.8. The third-order valence-electron chi connectivity index (χ3n) is 11.7. The Morgan fingerprint density at radius 3 is 1.20 bits per heavy atom. The summed E-state index contributed by atoms with van der Waals surface area (Å²) in [4.78, 5) is 6.46. The van der Waals surface area contributed by atoms with Gasteiger partial charge in [-0.3, -0.25) is 15.1 Å². The highest BCUT2D eigenvalue weighted by atomic mass is 15.6. The molecule has 0 amide bonds. The van der Waals surface area contributed by atoms with Crippen LogP contribution < -0.4 is 10.6 Å².